The molecule has 8 heteroatoms. The lowest BCUT2D eigenvalue weighted by Gasteiger charge is -2.26. The van der Waals surface area contributed by atoms with Crippen molar-refractivity contribution in [1.29, 1.82) is 0 Å². The minimum atomic E-state index is -0.410. The number of rotatable bonds is 3. The normalized spacial score (nSPS) is 20.5. The van der Waals surface area contributed by atoms with Gasteiger partial charge in [-0.15, -0.1) is 0 Å². The molecule has 1 saturated heterocycles. The Morgan fingerprint density at radius 1 is 1.36 bits per heavy atom. The zero-order valence-corrected chi connectivity index (χ0v) is 16.3. The highest BCUT2D eigenvalue weighted by Crippen LogP contribution is 2.48. The van der Waals surface area contributed by atoms with Crippen LogP contribution in [0.25, 0.3) is 4.85 Å². The van der Waals surface area contributed by atoms with Crippen LogP contribution >= 0.6 is 11.3 Å². The van der Waals surface area contributed by atoms with Crippen molar-refractivity contribution in [1.82, 2.24) is 9.88 Å². The molecule has 3 heterocycles. The number of anilines is 1. The monoisotopic (exact) mass is 398 g/mol. The minimum Gasteiger partial charge on any atom is -0.342 e. The van der Waals surface area contributed by atoms with Gasteiger partial charge in [-0.1, -0.05) is 30.4 Å². The van der Waals surface area contributed by atoms with Gasteiger partial charge in [0.15, 0.2) is 10.8 Å². The Kier molecular flexibility index (Phi) is 4.63. The van der Waals surface area contributed by atoms with Gasteiger partial charge in [0, 0.05) is 37.2 Å². The molecule has 0 unspecified atom stereocenters. The number of halogens is 1. The Morgan fingerprint density at radius 2 is 2.18 bits per heavy atom. The van der Waals surface area contributed by atoms with Crippen LogP contribution in [-0.2, 0) is 21.4 Å². The van der Waals surface area contributed by atoms with Crippen LogP contribution in [0.1, 0.15) is 30.3 Å². The smallest absolute Gasteiger partial charge is 0.233 e. The van der Waals surface area contributed by atoms with Crippen LogP contribution in [0.15, 0.2) is 24.4 Å². The highest BCUT2D eigenvalue weighted by Gasteiger charge is 2.49. The van der Waals surface area contributed by atoms with Gasteiger partial charge >= 0.3 is 0 Å². The Morgan fingerprint density at radius 3 is 2.86 bits per heavy atom. The molecule has 1 aromatic carbocycles. The van der Waals surface area contributed by atoms with Gasteiger partial charge in [-0.25, -0.2) is 9.83 Å². The van der Waals surface area contributed by atoms with Gasteiger partial charge in [0.05, 0.1) is 19.2 Å². The van der Waals surface area contributed by atoms with Crippen LogP contribution in [-0.4, -0.2) is 41.3 Å². The van der Waals surface area contributed by atoms with E-state index in [0.29, 0.717) is 36.8 Å². The number of carbonyl (C=O) groups is 2. The van der Waals surface area contributed by atoms with Crippen molar-refractivity contribution in [3.05, 3.63) is 51.5 Å². The molecule has 0 saturated carbocycles. The molecule has 1 spiro atoms. The molecule has 0 N–H and O–H groups in total. The third-order valence-electron chi connectivity index (χ3n) is 5.57. The Balaban J connectivity index is 1.67. The highest BCUT2D eigenvalue weighted by atomic mass is 32.1. The highest BCUT2D eigenvalue weighted by molar-refractivity contribution is 7.10. The number of amides is 2. The van der Waals surface area contributed by atoms with Crippen molar-refractivity contribution in [2.75, 3.05) is 24.5 Å². The Labute approximate surface area is 166 Å². The van der Waals surface area contributed by atoms with E-state index in [4.69, 9.17) is 6.57 Å². The van der Waals surface area contributed by atoms with E-state index in [1.807, 2.05) is 24.0 Å². The van der Waals surface area contributed by atoms with Crippen LogP contribution in [0.2, 0.25) is 0 Å². The third kappa shape index (κ3) is 3.06. The molecule has 2 aliphatic heterocycles. The number of hydrogen-bond donors (Lipinski definition) is 0. The van der Waals surface area contributed by atoms with Gasteiger partial charge < -0.3 is 9.80 Å². The van der Waals surface area contributed by atoms with Gasteiger partial charge in [0.2, 0.25) is 11.8 Å². The lowest BCUT2D eigenvalue weighted by Crippen LogP contribution is -2.40. The predicted octanol–water partition coefficient (Wildman–Crippen LogP) is 3.30. The van der Waals surface area contributed by atoms with Crippen LogP contribution in [0, 0.1) is 11.7 Å². The summed E-state index contributed by atoms with van der Waals surface area (Å²) in [4.78, 5) is 36.2. The summed E-state index contributed by atoms with van der Waals surface area (Å²) >= 11 is 0.875. The lowest BCUT2D eigenvalue weighted by atomic mass is 9.81. The molecular formula is C20H19FN4O2S. The Bertz CT molecular complexity index is 998. The number of nitrogens with zero attached hydrogens (tertiary/aromatic N) is 4. The molecule has 4 rings (SSSR count). The standard InChI is InChI=1S/C20H19FN4O2S/c1-3-18(26)24-7-6-20(11-24)12-25(15-5-4-13(22-2)8-14(15)20)19(27)9-17-23-10-16(21)28-17/h4-5,8,10H,3,6-7,9,11-12H2,1H3/t20-/m1/s1. The zero-order chi connectivity index (χ0) is 19.9. The number of likely N-dealkylation sites (tertiary alicyclic amines) is 1. The fourth-order valence-corrected chi connectivity index (χ4v) is 4.83. The summed E-state index contributed by atoms with van der Waals surface area (Å²) in [6, 6.07) is 5.36. The second-order valence-corrected chi connectivity index (χ2v) is 8.29. The maximum atomic E-state index is 13.2. The first kappa shape index (κ1) is 18.6. The SMILES string of the molecule is [C-]#[N+]c1ccc2c(c1)[C@@]1(CCN(C(=O)CC)C1)CN2C(=O)Cc1ncc(F)s1. The summed E-state index contributed by atoms with van der Waals surface area (Å²) in [5.74, 6) is -0.0499. The number of benzene rings is 1. The van der Waals surface area contributed by atoms with Crippen molar-refractivity contribution in [2.45, 2.75) is 31.6 Å². The van der Waals surface area contributed by atoms with E-state index in [9.17, 15) is 14.0 Å². The van der Waals surface area contributed by atoms with Crippen LogP contribution in [0.4, 0.5) is 15.8 Å². The molecule has 1 atom stereocenters. The molecule has 2 aromatic rings. The van der Waals surface area contributed by atoms with Crippen LogP contribution in [0.3, 0.4) is 0 Å². The summed E-state index contributed by atoms with van der Waals surface area (Å²) in [6.45, 7) is 10.8. The van der Waals surface area contributed by atoms with Gasteiger partial charge in [-0.3, -0.25) is 9.59 Å². The van der Waals surface area contributed by atoms with Gasteiger partial charge in [-0.05, 0) is 18.1 Å². The van der Waals surface area contributed by atoms with Crippen LogP contribution in [0.5, 0.6) is 0 Å². The first-order valence-corrected chi connectivity index (χ1v) is 9.98. The zero-order valence-electron chi connectivity index (χ0n) is 15.4. The topological polar surface area (TPSA) is 57.9 Å². The third-order valence-corrected chi connectivity index (χ3v) is 6.36. The van der Waals surface area contributed by atoms with Crippen molar-refractivity contribution in [3.63, 3.8) is 0 Å². The quantitative estimate of drug-likeness (QED) is 0.746. The average Bonchev–Trinajstić information content (AvgIpc) is 3.40. The fraction of sp³-hybridized carbons (Fsp3) is 0.400. The number of thiazole rings is 1. The second kappa shape index (κ2) is 6.99. The summed E-state index contributed by atoms with van der Waals surface area (Å²) in [7, 11) is 0. The number of fused-ring (bicyclic) bond motifs is 2. The number of aromatic nitrogens is 1. The molecular weight excluding hydrogens is 379 g/mol. The Hall–Kier alpha value is -2.79. The largest absolute Gasteiger partial charge is 0.342 e. The molecule has 144 valence electrons. The second-order valence-electron chi connectivity index (χ2n) is 7.23. The van der Waals surface area contributed by atoms with E-state index in [1.54, 1.807) is 11.0 Å². The van der Waals surface area contributed by atoms with Gasteiger partial charge in [0.25, 0.3) is 0 Å². The van der Waals surface area contributed by atoms with Crippen molar-refractivity contribution in [3.8, 4) is 0 Å². The van der Waals surface area contributed by atoms with E-state index in [0.717, 1.165) is 35.2 Å². The maximum Gasteiger partial charge on any atom is 0.233 e. The van der Waals surface area contributed by atoms with E-state index in [-0.39, 0.29) is 23.7 Å². The fourth-order valence-electron chi connectivity index (χ4n) is 4.20. The minimum absolute atomic E-state index is 0.0340. The van der Waals surface area contributed by atoms with E-state index >= 15 is 0 Å². The molecule has 1 aromatic heterocycles. The average molecular weight is 398 g/mol. The summed E-state index contributed by atoms with van der Waals surface area (Å²) in [6.07, 6.45) is 2.36. The summed E-state index contributed by atoms with van der Waals surface area (Å²) < 4.78 is 13.2. The van der Waals surface area contributed by atoms with Gasteiger partial charge in [-0.2, -0.15) is 4.39 Å². The van der Waals surface area contributed by atoms with Crippen molar-refractivity contribution >= 4 is 34.5 Å². The van der Waals surface area contributed by atoms with Crippen LogP contribution < -0.4 is 4.90 Å². The van der Waals surface area contributed by atoms with Gasteiger partial charge in [0.1, 0.15) is 5.01 Å². The molecule has 0 aliphatic carbocycles. The molecule has 28 heavy (non-hydrogen) atoms. The van der Waals surface area contributed by atoms with Crippen molar-refractivity contribution in [2.24, 2.45) is 0 Å². The molecule has 0 radical (unpaired) electrons. The first-order valence-electron chi connectivity index (χ1n) is 9.16. The lowest BCUT2D eigenvalue weighted by molar-refractivity contribution is -0.130. The van der Waals surface area contributed by atoms with E-state index in [1.165, 1.54) is 0 Å². The summed E-state index contributed by atoms with van der Waals surface area (Å²) in [5, 5.41) is 0.0318. The number of carbonyl (C=O) groups excluding carboxylic acids is 2. The summed E-state index contributed by atoms with van der Waals surface area (Å²) in [5.41, 5.74) is 1.89. The number of hydrogen-bond acceptors (Lipinski definition) is 4. The molecule has 2 amide bonds. The van der Waals surface area contributed by atoms with E-state index in [2.05, 4.69) is 9.83 Å². The molecule has 2 aliphatic rings. The molecule has 6 nitrogen and oxygen atoms in total. The molecule has 1 fully saturated rings. The van der Waals surface area contributed by atoms with E-state index < -0.39 is 5.13 Å². The van der Waals surface area contributed by atoms with Crippen molar-refractivity contribution < 1.29 is 14.0 Å². The first-order chi connectivity index (χ1) is 13.5. The predicted molar refractivity (Wildman–Crippen MR) is 104 cm³/mol. The molecule has 0 bridgehead atoms. The maximum absolute atomic E-state index is 13.2.